The third-order valence-corrected chi connectivity index (χ3v) is 5.35. The van der Waals surface area contributed by atoms with Crippen molar-refractivity contribution in [3.8, 4) is 11.8 Å². The molecule has 1 atom stereocenters. The van der Waals surface area contributed by atoms with Crippen molar-refractivity contribution in [3.05, 3.63) is 53.3 Å². The largest absolute Gasteiger partial charge is 0.492 e. The van der Waals surface area contributed by atoms with Crippen molar-refractivity contribution in [2.24, 2.45) is 0 Å². The fraction of sp³-hybridized carbons (Fsp3) is 0.391. The number of benzene rings is 1. The van der Waals surface area contributed by atoms with E-state index < -0.39 is 6.09 Å². The Hall–Kier alpha value is -3.35. The van der Waals surface area contributed by atoms with Gasteiger partial charge in [0, 0.05) is 42.7 Å². The highest BCUT2D eigenvalue weighted by Crippen LogP contribution is 2.24. The number of pyridine rings is 1. The van der Waals surface area contributed by atoms with Crippen molar-refractivity contribution < 1.29 is 24.2 Å². The van der Waals surface area contributed by atoms with Gasteiger partial charge in [-0.3, -0.25) is 14.7 Å². The second kappa shape index (κ2) is 12.0. The Kier molecular flexibility index (Phi) is 8.87. The first-order chi connectivity index (χ1) is 16.0. The predicted molar refractivity (Wildman–Crippen MR) is 122 cm³/mol. The van der Waals surface area contributed by atoms with Crippen LogP contribution in [0, 0.1) is 11.3 Å². The second-order valence-corrected chi connectivity index (χ2v) is 7.89. The van der Waals surface area contributed by atoms with E-state index in [1.54, 1.807) is 35.2 Å². The zero-order valence-corrected chi connectivity index (χ0v) is 18.8. The van der Waals surface area contributed by atoms with Gasteiger partial charge in [0.05, 0.1) is 30.8 Å². The number of nitrogens with zero attached hydrogens (tertiary/aromatic N) is 4. The van der Waals surface area contributed by atoms with E-state index in [1.807, 2.05) is 0 Å². The minimum Gasteiger partial charge on any atom is -0.492 e. The number of halogens is 1. The van der Waals surface area contributed by atoms with E-state index in [0.29, 0.717) is 35.2 Å². The summed E-state index contributed by atoms with van der Waals surface area (Å²) in [5.74, 6) is 0.0836. The van der Waals surface area contributed by atoms with E-state index in [4.69, 9.17) is 26.3 Å². The lowest BCUT2D eigenvalue weighted by Gasteiger charge is -2.25. The zero-order chi connectivity index (χ0) is 23.6. The molecule has 2 amide bonds. The zero-order valence-electron chi connectivity index (χ0n) is 18.0. The molecule has 33 heavy (non-hydrogen) atoms. The number of aromatic nitrogens is 1. The van der Waals surface area contributed by atoms with Crippen molar-refractivity contribution in [2.75, 3.05) is 37.7 Å². The number of anilines is 1. The Bertz CT molecular complexity index is 992. The van der Waals surface area contributed by atoms with Crippen LogP contribution < -0.4 is 9.64 Å². The van der Waals surface area contributed by atoms with E-state index in [1.165, 1.54) is 12.4 Å². The van der Waals surface area contributed by atoms with Crippen LogP contribution in [0.15, 0.2) is 42.7 Å². The van der Waals surface area contributed by atoms with Crippen LogP contribution in [0.2, 0.25) is 5.02 Å². The van der Waals surface area contributed by atoms with Crippen molar-refractivity contribution in [2.45, 2.75) is 25.4 Å². The average Bonchev–Trinajstić information content (AvgIpc) is 3.32. The van der Waals surface area contributed by atoms with Gasteiger partial charge in [-0.2, -0.15) is 5.26 Å². The highest BCUT2D eigenvalue weighted by molar-refractivity contribution is 6.31. The monoisotopic (exact) mass is 472 g/mol. The maximum Gasteiger partial charge on any atom is 0.411 e. The van der Waals surface area contributed by atoms with Gasteiger partial charge in [-0.1, -0.05) is 11.6 Å². The number of hydrogen-bond acceptors (Lipinski definition) is 6. The molecule has 10 heteroatoms. The van der Waals surface area contributed by atoms with Gasteiger partial charge in [-0.15, -0.1) is 0 Å². The van der Waals surface area contributed by atoms with Crippen LogP contribution in [0.3, 0.4) is 0 Å². The number of nitriles is 1. The SMILES string of the molecule is N#CCCN(CC1CCCO1)C(=O)c1cc(Cl)cc(OCCN(C(=O)O)c2ccncc2)c1. The molecule has 2 heterocycles. The lowest BCUT2D eigenvalue weighted by atomic mass is 10.1. The van der Waals surface area contributed by atoms with Crippen LogP contribution >= 0.6 is 11.6 Å². The molecule has 1 aliphatic heterocycles. The Labute approximate surface area is 197 Å². The number of carbonyl (C=O) groups is 2. The average molecular weight is 473 g/mol. The molecule has 0 aliphatic carbocycles. The van der Waals surface area contributed by atoms with Gasteiger partial charge >= 0.3 is 6.09 Å². The molecule has 1 aromatic carbocycles. The predicted octanol–water partition coefficient (Wildman–Crippen LogP) is 3.83. The van der Waals surface area contributed by atoms with Crippen LogP contribution in [0.25, 0.3) is 0 Å². The molecular formula is C23H25ClN4O5. The van der Waals surface area contributed by atoms with E-state index in [0.717, 1.165) is 17.7 Å². The number of amides is 2. The summed E-state index contributed by atoms with van der Waals surface area (Å²) in [4.78, 5) is 31.4. The summed E-state index contributed by atoms with van der Waals surface area (Å²) in [7, 11) is 0. The summed E-state index contributed by atoms with van der Waals surface area (Å²) in [5, 5.41) is 18.8. The number of rotatable bonds is 10. The molecule has 3 rings (SSSR count). The van der Waals surface area contributed by atoms with Crippen LogP contribution in [0.1, 0.15) is 29.6 Å². The normalized spacial score (nSPS) is 15.0. The third-order valence-electron chi connectivity index (χ3n) is 5.14. The van der Waals surface area contributed by atoms with Crippen molar-refractivity contribution in [3.63, 3.8) is 0 Å². The van der Waals surface area contributed by atoms with Crippen molar-refractivity contribution in [1.29, 1.82) is 5.26 Å². The first-order valence-electron chi connectivity index (χ1n) is 10.6. The molecule has 1 N–H and O–H groups in total. The van der Waals surface area contributed by atoms with Gasteiger partial charge in [0.2, 0.25) is 0 Å². The van der Waals surface area contributed by atoms with E-state index in [9.17, 15) is 14.7 Å². The van der Waals surface area contributed by atoms with Crippen molar-refractivity contribution in [1.82, 2.24) is 9.88 Å². The Balaban J connectivity index is 1.67. The molecule has 1 fully saturated rings. The summed E-state index contributed by atoms with van der Waals surface area (Å²) >= 11 is 6.22. The number of carbonyl (C=O) groups excluding carboxylic acids is 1. The van der Waals surface area contributed by atoms with Gasteiger partial charge in [-0.25, -0.2) is 4.79 Å². The van der Waals surface area contributed by atoms with Gasteiger partial charge in [0.1, 0.15) is 12.4 Å². The molecule has 1 aromatic heterocycles. The number of hydrogen-bond donors (Lipinski definition) is 1. The Morgan fingerprint density at radius 3 is 2.73 bits per heavy atom. The minimum atomic E-state index is -1.12. The second-order valence-electron chi connectivity index (χ2n) is 7.46. The van der Waals surface area contributed by atoms with E-state index >= 15 is 0 Å². The molecule has 0 saturated carbocycles. The molecule has 9 nitrogen and oxygen atoms in total. The maximum atomic E-state index is 13.2. The van der Waals surface area contributed by atoms with Gasteiger partial charge < -0.3 is 19.5 Å². The highest BCUT2D eigenvalue weighted by atomic mass is 35.5. The molecule has 1 saturated heterocycles. The topological polar surface area (TPSA) is 116 Å². The molecule has 0 bridgehead atoms. The number of carboxylic acid groups (broad SMARTS) is 1. The highest BCUT2D eigenvalue weighted by Gasteiger charge is 2.24. The van der Waals surface area contributed by atoms with Gasteiger partial charge in [-0.05, 0) is 43.2 Å². The fourth-order valence-corrected chi connectivity index (χ4v) is 3.79. The maximum absolute atomic E-state index is 13.2. The number of ether oxygens (including phenoxy) is 2. The molecule has 2 aromatic rings. The standard InChI is InChI=1S/C23H25ClN4O5/c24-18-13-17(22(29)27(9-2-6-25)16-20-3-1-11-32-20)14-21(15-18)33-12-10-28(23(30)31)19-4-7-26-8-5-19/h4-5,7-8,13-15,20H,1-3,9-12,16H2,(H,30,31). The molecule has 1 aliphatic rings. The first-order valence-corrected chi connectivity index (χ1v) is 11.0. The molecular weight excluding hydrogens is 448 g/mol. The van der Waals surface area contributed by atoms with Crippen LogP contribution in [0.4, 0.5) is 10.5 Å². The summed E-state index contributed by atoms with van der Waals surface area (Å²) in [5.41, 5.74) is 0.808. The summed E-state index contributed by atoms with van der Waals surface area (Å²) < 4.78 is 11.4. The lowest BCUT2D eigenvalue weighted by Crippen LogP contribution is -2.38. The fourth-order valence-electron chi connectivity index (χ4n) is 3.56. The molecule has 174 valence electrons. The lowest BCUT2D eigenvalue weighted by molar-refractivity contribution is 0.0531. The molecule has 0 radical (unpaired) electrons. The third kappa shape index (κ3) is 7.07. The van der Waals surface area contributed by atoms with Crippen LogP contribution in [-0.2, 0) is 4.74 Å². The summed E-state index contributed by atoms with van der Waals surface area (Å²) in [6, 6.07) is 9.94. The smallest absolute Gasteiger partial charge is 0.411 e. The quantitative estimate of drug-likeness (QED) is 0.558. The summed E-state index contributed by atoms with van der Waals surface area (Å²) in [6.07, 6.45) is 3.89. The van der Waals surface area contributed by atoms with E-state index in [2.05, 4.69) is 11.1 Å². The molecule has 0 spiro atoms. The van der Waals surface area contributed by atoms with E-state index in [-0.39, 0.29) is 38.1 Å². The van der Waals surface area contributed by atoms with Gasteiger partial charge in [0.25, 0.3) is 5.91 Å². The summed E-state index contributed by atoms with van der Waals surface area (Å²) in [6.45, 7) is 1.49. The first kappa shape index (κ1) is 24.3. The molecule has 1 unspecified atom stereocenters. The minimum absolute atomic E-state index is 0.0438. The van der Waals surface area contributed by atoms with Crippen LogP contribution in [-0.4, -0.2) is 65.9 Å². The Morgan fingerprint density at radius 1 is 1.27 bits per heavy atom. The Morgan fingerprint density at radius 2 is 2.06 bits per heavy atom. The van der Waals surface area contributed by atoms with Crippen LogP contribution in [0.5, 0.6) is 5.75 Å². The van der Waals surface area contributed by atoms with Crippen molar-refractivity contribution >= 4 is 29.3 Å². The van der Waals surface area contributed by atoms with Gasteiger partial charge in [0.15, 0.2) is 0 Å².